The van der Waals surface area contributed by atoms with Crippen molar-refractivity contribution in [2.75, 3.05) is 20.2 Å². The molecule has 18 heavy (non-hydrogen) atoms. The van der Waals surface area contributed by atoms with Crippen LogP contribution in [0.1, 0.15) is 43.2 Å². The number of rotatable bonds is 3. The highest BCUT2D eigenvalue weighted by atomic mass is 16.5. The van der Waals surface area contributed by atoms with Crippen LogP contribution in [0, 0.1) is 0 Å². The zero-order valence-electron chi connectivity index (χ0n) is 11.5. The molecular formula is C16H23NO. The number of ether oxygens (including phenoxy) is 1. The summed E-state index contributed by atoms with van der Waals surface area (Å²) >= 11 is 0. The third kappa shape index (κ3) is 1.83. The van der Waals surface area contributed by atoms with E-state index in [1.165, 1.54) is 49.9 Å². The molecule has 2 nitrogen and oxygen atoms in total. The summed E-state index contributed by atoms with van der Waals surface area (Å²) < 4.78 is 5.60. The molecule has 2 heteroatoms. The van der Waals surface area contributed by atoms with Gasteiger partial charge in [0, 0.05) is 17.5 Å². The van der Waals surface area contributed by atoms with Crippen molar-refractivity contribution in [3.05, 3.63) is 29.3 Å². The Morgan fingerprint density at radius 3 is 3.00 bits per heavy atom. The molecule has 0 bridgehead atoms. The number of hydrogen-bond acceptors (Lipinski definition) is 2. The zero-order chi connectivity index (χ0) is 12.5. The summed E-state index contributed by atoms with van der Waals surface area (Å²) in [4.78, 5) is 2.69. The zero-order valence-corrected chi connectivity index (χ0v) is 11.5. The molecule has 0 unspecified atom stereocenters. The lowest BCUT2D eigenvalue weighted by Gasteiger charge is -2.34. The molecule has 1 aromatic rings. The van der Waals surface area contributed by atoms with Crippen molar-refractivity contribution in [1.82, 2.24) is 4.90 Å². The molecule has 0 aromatic heterocycles. The maximum atomic E-state index is 5.60. The number of nitrogens with zero attached hydrogens (tertiary/aromatic N) is 1. The van der Waals surface area contributed by atoms with Gasteiger partial charge in [-0.1, -0.05) is 19.1 Å². The van der Waals surface area contributed by atoms with E-state index in [2.05, 4.69) is 30.0 Å². The van der Waals surface area contributed by atoms with Gasteiger partial charge < -0.3 is 4.74 Å². The minimum Gasteiger partial charge on any atom is -0.496 e. The number of aryl methyl sites for hydroxylation is 1. The van der Waals surface area contributed by atoms with Crippen LogP contribution >= 0.6 is 0 Å². The summed E-state index contributed by atoms with van der Waals surface area (Å²) in [6, 6.07) is 7.31. The van der Waals surface area contributed by atoms with E-state index < -0.39 is 0 Å². The van der Waals surface area contributed by atoms with E-state index in [0.717, 1.165) is 11.8 Å². The number of benzene rings is 1. The first-order chi connectivity index (χ1) is 8.85. The van der Waals surface area contributed by atoms with Gasteiger partial charge in [0.25, 0.3) is 0 Å². The molecule has 0 saturated carbocycles. The van der Waals surface area contributed by atoms with Crippen LogP contribution in [0.25, 0.3) is 0 Å². The summed E-state index contributed by atoms with van der Waals surface area (Å²) in [7, 11) is 1.80. The van der Waals surface area contributed by atoms with E-state index in [1.54, 1.807) is 7.11 Å². The summed E-state index contributed by atoms with van der Waals surface area (Å²) in [6.07, 6.45) is 5.11. The average molecular weight is 245 g/mol. The largest absolute Gasteiger partial charge is 0.496 e. The van der Waals surface area contributed by atoms with Crippen molar-refractivity contribution in [2.45, 2.75) is 44.6 Å². The van der Waals surface area contributed by atoms with Crippen molar-refractivity contribution in [1.29, 1.82) is 0 Å². The van der Waals surface area contributed by atoms with E-state index in [0.29, 0.717) is 5.92 Å². The number of hydrogen-bond donors (Lipinski definition) is 0. The van der Waals surface area contributed by atoms with Gasteiger partial charge >= 0.3 is 0 Å². The highest BCUT2D eigenvalue weighted by molar-refractivity contribution is 5.46. The van der Waals surface area contributed by atoms with Gasteiger partial charge in [-0.2, -0.15) is 0 Å². The Kier molecular flexibility index (Phi) is 3.29. The number of fused-ring (bicyclic) bond motifs is 3. The average Bonchev–Trinajstić information content (AvgIpc) is 2.82. The van der Waals surface area contributed by atoms with E-state index in [4.69, 9.17) is 4.74 Å². The minimum atomic E-state index is 0.705. The fourth-order valence-electron chi connectivity index (χ4n) is 3.91. The quantitative estimate of drug-likeness (QED) is 0.811. The van der Waals surface area contributed by atoms with Crippen LogP contribution in [0.3, 0.4) is 0 Å². The highest BCUT2D eigenvalue weighted by Gasteiger charge is 2.39. The lowest BCUT2D eigenvalue weighted by molar-refractivity contribution is 0.225. The molecule has 0 N–H and O–H groups in total. The molecule has 0 amide bonds. The molecule has 2 aliphatic rings. The molecule has 3 rings (SSSR count). The van der Waals surface area contributed by atoms with Crippen LogP contribution in [-0.4, -0.2) is 31.1 Å². The molecule has 0 radical (unpaired) electrons. The molecule has 2 atom stereocenters. The van der Waals surface area contributed by atoms with Crippen LogP contribution < -0.4 is 4.74 Å². The van der Waals surface area contributed by atoms with Gasteiger partial charge in [-0.25, -0.2) is 0 Å². The molecule has 1 heterocycles. The van der Waals surface area contributed by atoms with Crippen LogP contribution in [0.15, 0.2) is 18.2 Å². The maximum Gasteiger partial charge on any atom is 0.122 e. The molecule has 1 aromatic carbocycles. The van der Waals surface area contributed by atoms with Gasteiger partial charge in [0.15, 0.2) is 0 Å². The third-order valence-corrected chi connectivity index (χ3v) is 4.63. The smallest absolute Gasteiger partial charge is 0.122 e. The predicted molar refractivity (Wildman–Crippen MR) is 74.3 cm³/mol. The van der Waals surface area contributed by atoms with Crippen LogP contribution in [0.5, 0.6) is 5.75 Å². The van der Waals surface area contributed by atoms with Crippen LogP contribution in [0.4, 0.5) is 0 Å². The Morgan fingerprint density at radius 1 is 1.33 bits per heavy atom. The Morgan fingerprint density at radius 2 is 2.22 bits per heavy atom. The molecule has 1 saturated heterocycles. The summed E-state index contributed by atoms with van der Waals surface area (Å²) in [6.45, 7) is 4.80. The molecule has 0 spiro atoms. The normalized spacial score (nSPS) is 26.8. The predicted octanol–water partition coefficient (Wildman–Crippen LogP) is 3.21. The minimum absolute atomic E-state index is 0.705. The van der Waals surface area contributed by atoms with Crippen molar-refractivity contribution in [2.24, 2.45) is 0 Å². The van der Waals surface area contributed by atoms with Gasteiger partial charge in [-0.05, 0) is 50.4 Å². The van der Waals surface area contributed by atoms with E-state index in [1.807, 2.05) is 0 Å². The topological polar surface area (TPSA) is 12.5 Å². The first kappa shape index (κ1) is 12.0. The molecule has 98 valence electrons. The second-order valence-electron chi connectivity index (χ2n) is 5.57. The van der Waals surface area contributed by atoms with Crippen LogP contribution in [0.2, 0.25) is 0 Å². The fourth-order valence-corrected chi connectivity index (χ4v) is 3.91. The maximum absolute atomic E-state index is 5.60. The SMILES string of the molecule is CCCN1CC[C@@H]2c3c(cccc3OC)CC[C@@H]21. The van der Waals surface area contributed by atoms with Crippen LogP contribution in [-0.2, 0) is 6.42 Å². The fraction of sp³-hybridized carbons (Fsp3) is 0.625. The van der Waals surface area contributed by atoms with Gasteiger partial charge in [-0.3, -0.25) is 4.90 Å². The highest BCUT2D eigenvalue weighted by Crippen LogP contribution is 2.45. The third-order valence-electron chi connectivity index (χ3n) is 4.63. The van der Waals surface area contributed by atoms with Crippen molar-refractivity contribution in [3.63, 3.8) is 0 Å². The second-order valence-corrected chi connectivity index (χ2v) is 5.57. The Hall–Kier alpha value is -1.02. The standard InChI is InChI=1S/C16H23NO/c1-3-10-17-11-9-13-14(17)8-7-12-5-4-6-15(18-2)16(12)13/h4-6,13-14H,3,7-11H2,1-2H3/t13-,14-/m0/s1. The summed E-state index contributed by atoms with van der Waals surface area (Å²) in [5.41, 5.74) is 3.03. The monoisotopic (exact) mass is 245 g/mol. The summed E-state index contributed by atoms with van der Waals surface area (Å²) in [5, 5.41) is 0. The Labute approximate surface area is 110 Å². The Bertz CT molecular complexity index is 415. The van der Waals surface area contributed by atoms with Gasteiger partial charge in [0.05, 0.1) is 7.11 Å². The lowest BCUT2D eigenvalue weighted by Crippen LogP contribution is -2.35. The van der Waals surface area contributed by atoms with Gasteiger partial charge in [0.1, 0.15) is 5.75 Å². The summed E-state index contributed by atoms with van der Waals surface area (Å²) in [5.74, 6) is 1.82. The van der Waals surface area contributed by atoms with Crippen molar-refractivity contribution >= 4 is 0 Å². The Balaban J connectivity index is 1.94. The van der Waals surface area contributed by atoms with E-state index >= 15 is 0 Å². The number of methoxy groups -OCH3 is 1. The molecule has 1 aliphatic carbocycles. The molecular weight excluding hydrogens is 222 g/mol. The van der Waals surface area contributed by atoms with Gasteiger partial charge in [-0.15, -0.1) is 0 Å². The first-order valence-corrected chi connectivity index (χ1v) is 7.25. The van der Waals surface area contributed by atoms with E-state index in [9.17, 15) is 0 Å². The van der Waals surface area contributed by atoms with Crippen molar-refractivity contribution < 1.29 is 4.74 Å². The second kappa shape index (κ2) is 4.93. The lowest BCUT2D eigenvalue weighted by atomic mass is 9.79. The first-order valence-electron chi connectivity index (χ1n) is 7.25. The number of likely N-dealkylation sites (tertiary alicyclic amines) is 1. The molecule has 1 aliphatic heterocycles. The molecule has 1 fully saturated rings. The van der Waals surface area contributed by atoms with E-state index in [-0.39, 0.29) is 0 Å². The van der Waals surface area contributed by atoms with Crippen molar-refractivity contribution in [3.8, 4) is 5.75 Å². The van der Waals surface area contributed by atoms with Gasteiger partial charge in [0.2, 0.25) is 0 Å².